The summed E-state index contributed by atoms with van der Waals surface area (Å²) in [5.41, 5.74) is 7.93. The molecule has 0 aromatic heterocycles. The fourth-order valence-corrected chi connectivity index (χ4v) is 4.68. The Morgan fingerprint density at radius 1 is 1.19 bits per heavy atom. The van der Waals surface area contributed by atoms with Crippen LogP contribution in [0.2, 0.25) is 0 Å². The van der Waals surface area contributed by atoms with Gasteiger partial charge in [0.2, 0.25) is 0 Å². The fraction of sp³-hybridized carbons (Fsp3) is 0.519. The van der Waals surface area contributed by atoms with E-state index >= 15 is 0 Å². The van der Waals surface area contributed by atoms with Crippen molar-refractivity contribution >= 4 is 28.7 Å². The van der Waals surface area contributed by atoms with Gasteiger partial charge in [-0.15, -0.1) is 0 Å². The molecule has 0 aliphatic carbocycles. The van der Waals surface area contributed by atoms with Gasteiger partial charge in [0.05, 0.1) is 0 Å². The van der Waals surface area contributed by atoms with Crippen molar-refractivity contribution in [1.82, 2.24) is 4.90 Å². The van der Waals surface area contributed by atoms with Crippen molar-refractivity contribution < 1.29 is 0 Å². The first kappa shape index (κ1) is 23.6. The lowest BCUT2D eigenvalue weighted by Gasteiger charge is -2.34. The van der Waals surface area contributed by atoms with Crippen LogP contribution in [0.1, 0.15) is 68.7 Å². The third-order valence-electron chi connectivity index (χ3n) is 6.72. The molecule has 168 valence electrons. The maximum atomic E-state index is 5.90. The molecule has 0 fully saturated rings. The minimum atomic E-state index is 0.377. The Morgan fingerprint density at radius 2 is 2.00 bits per heavy atom. The Bertz CT molecular complexity index is 892. The molecule has 1 aliphatic rings. The topological polar surface area (TPSA) is 18.5 Å². The zero-order valence-electron chi connectivity index (χ0n) is 20.0. The summed E-state index contributed by atoms with van der Waals surface area (Å²) in [7, 11) is 0. The van der Waals surface area contributed by atoms with Gasteiger partial charge >= 0.3 is 0 Å². The Morgan fingerprint density at radius 3 is 2.74 bits per heavy atom. The molecule has 4 heteroatoms. The van der Waals surface area contributed by atoms with Crippen LogP contribution in [0.3, 0.4) is 0 Å². The Kier molecular flexibility index (Phi) is 8.36. The van der Waals surface area contributed by atoms with Gasteiger partial charge in [0.15, 0.2) is 5.11 Å². The van der Waals surface area contributed by atoms with Crippen LogP contribution in [-0.2, 0) is 13.0 Å². The first-order valence-electron chi connectivity index (χ1n) is 11.9. The molecule has 1 N–H and O–H groups in total. The molecule has 2 aromatic rings. The van der Waals surface area contributed by atoms with Crippen LogP contribution in [0.25, 0.3) is 0 Å². The number of rotatable bonds is 8. The maximum absolute atomic E-state index is 5.90. The van der Waals surface area contributed by atoms with Gasteiger partial charge in [-0.1, -0.05) is 44.5 Å². The lowest BCUT2D eigenvalue weighted by Crippen LogP contribution is -2.40. The van der Waals surface area contributed by atoms with Gasteiger partial charge in [-0.2, -0.15) is 0 Å². The highest BCUT2D eigenvalue weighted by Crippen LogP contribution is 2.29. The summed E-state index contributed by atoms with van der Waals surface area (Å²) in [6, 6.07) is 13.8. The van der Waals surface area contributed by atoms with E-state index in [0.29, 0.717) is 6.04 Å². The van der Waals surface area contributed by atoms with Crippen molar-refractivity contribution in [1.29, 1.82) is 0 Å². The summed E-state index contributed by atoms with van der Waals surface area (Å²) < 4.78 is 0. The zero-order valence-corrected chi connectivity index (χ0v) is 20.8. The molecule has 1 heterocycles. The minimum Gasteiger partial charge on any atom is -0.371 e. The Hall–Kier alpha value is -2.07. The van der Waals surface area contributed by atoms with Gasteiger partial charge in [-0.25, -0.2) is 0 Å². The van der Waals surface area contributed by atoms with E-state index in [9.17, 15) is 0 Å². The van der Waals surface area contributed by atoms with Crippen LogP contribution in [0.5, 0.6) is 0 Å². The van der Waals surface area contributed by atoms with E-state index in [0.717, 1.165) is 23.8 Å². The Labute approximate surface area is 194 Å². The van der Waals surface area contributed by atoms with Crippen molar-refractivity contribution in [2.75, 3.05) is 23.3 Å². The second kappa shape index (κ2) is 11.0. The molecular formula is C27H39N3S. The second-order valence-corrected chi connectivity index (χ2v) is 9.36. The lowest BCUT2D eigenvalue weighted by atomic mass is 9.98. The van der Waals surface area contributed by atoms with Crippen molar-refractivity contribution in [3.8, 4) is 0 Å². The molecule has 0 spiro atoms. The molecule has 2 aromatic carbocycles. The third kappa shape index (κ3) is 5.79. The highest BCUT2D eigenvalue weighted by molar-refractivity contribution is 7.80. The number of thiocarbonyl (C=S) groups is 1. The fourth-order valence-electron chi connectivity index (χ4n) is 4.33. The molecule has 3 nitrogen and oxygen atoms in total. The predicted octanol–water partition coefficient (Wildman–Crippen LogP) is 6.85. The smallest absolute Gasteiger partial charge is 0.173 e. The van der Waals surface area contributed by atoms with E-state index in [1.807, 2.05) is 0 Å². The molecule has 0 saturated heterocycles. The summed E-state index contributed by atoms with van der Waals surface area (Å²) in [4.78, 5) is 4.92. The SMILES string of the molecule is CCCCN1CCCc2cc(CN(C(=S)Nc3cccc(C)c3C)[C@H](C)CC)ccc21. The maximum Gasteiger partial charge on any atom is 0.173 e. The number of fused-ring (bicyclic) bond motifs is 1. The number of hydrogen-bond donors (Lipinski definition) is 1. The average Bonchev–Trinajstić information content (AvgIpc) is 2.78. The van der Waals surface area contributed by atoms with Crippen LogP contribution < -0.4 is 10.2 Å². The van der Waals surface area contributed by atoms with Crippen LogP contribution in [0, 0.1) is 13.8 Å². The summed E-state index contributed by atoms with van der Waals surface area (Å²) in [5.74, 6) is 0. The van der Waals surface area contributed by atoms with E-state index in [-0.39, 0.29) is 0 Å². The van der Waals surface area contributed by atoms with Gasteiger partial charge in [-0.3, -0.25) is 0 Å². The Balaban J connectivity index is 1.78. The molecule has 3 rings (SSSR count). The zero-order chi connectivity index (χ0) is 22.4. The number of unbranched alkanes of at least 4 members (excludes halogenated alkanes) is 1. The quantitative estimate of drug-likeness (QED) is 0.455. The summed E-state index contributed by atoms with van der Waals surface area (Å²) in [6.07, 6.45) is 6.01. The van der Waals surface area contributed by atoms with Crippen LogP contribution in [0.15, 0.2) is 36.4 Å². The molecule has 0 radical (unpaired) electrons. The third-order valence-corrected chi connectivity index (χ3v) is 7.06. The molecule has 0 saturated carbocycles. The number of hydrogen-bond acceptors (Lipinski definition) is 2. The largest absolute Gasteiger partial charge is 0.371 e. The number of aryl methyl sites for hydroxylation is 2. The highest BCUT2D eigenvalue weighted by Gasteiger charge is 2.20. The van der Waals surface area contributed by atoms with Crippen LogP contribution in [-0.4, -0.2) is 29.1 Å². The second-order valence-electron chi connectivity index (χ2n) is 8.97. The molecule has 0 amide bonds. The van der Waals surface area contributed by atoms with Gasteiger partial charge in [-0.05, 0) is 93.1 Å². The molecule has 0 bridgehead atoms. The summed E-state index contributed by atoms with van der Waals surface area (Å²) >= 11 is 5.90. The van der Waals surface area contributed by atoms with Gasteiger partial charge < -0.3 is 15.1 Å². The first-order chi connectivity index (χ1) is 14.9. The van der Waals surface area contributed by atoms with Crippen LogP contribution in [0.4, 0.5) is 11.4 Å². The molecule has 0 unspecified atom stereocenters. The average molecular weight is 438 g/mol. The molecule has 1 atom stereocenters. The van der Waals surface area contributed by atoms with Crippen molar-refractivity contribution in [3.05, 3.63) is 58.7 Å². The van der Waals surface area contributed by atoms with E-state index in [1.165, 1.54) is 66.7 Å². The summed E-state index contributed by atoms with van der Waals surface area (Å²) in [5, 5.41) is 4.34. The number of anilines is 2. The monoisotopic (exact) mass is 437 g/mol. The molecular weight excluding hydrogens is 398 g/mol. The molecule has 31 heavy (non-hydrogen) atoms. The number of nitrogens with one attached hydrogen (secondary N) is 1. The normalized spacial score (nSPS) is 14.2. The summed E-state index contributed by atoms with van der Waals surface area (Å²) in [6.45, 7) is 14.3. The minimum absolute atomic E-state index is 0.377. The molecule has 1 aliphatic heterocycles. The standard InChI is InChI=1S/C27H39N3S/c1-6-8-16-29-17-10-12-24-18-23(14-15-26(24)29)19-30(21(4)7-2)27(31)28-25-13-9-11-20(3)22(25)5/h9,11,13-15,18,21H,6-8,10,12,16-17,19H2,1-5H3,(H,28,31)/t21-/m1/s1. The number of nitrogens with zero attached hydrogens (tertiary/aromatic N) is 2. The van der Waals surface area contributed by atoms with Crippen molar-refractivity contribution in [2.45, 2.75) is 79.3 Å². The first-order valence-corrected chi connectivity index (χ1v) is 12.4. The van der Waals surface area contributed by atoms with Gasteiger partial charge in [0.1, 0.15) is 0 Å². The number of benzene rings is 2. The van der Waals surface area contributed by atoms with Gasteiger partial charge in [0.25, 0.3) is 0 Å². The van der Waals surface area contributed by atoms with Gasteiger partial charge in [0, 0.05) is 37.1 Å². The van der Waals surface area contributed by atoms with Crippen LogP contribution >= 0.6 is 12.2 Å². The lowest BCUT2D eigenvalue weighted by molar-refractivity contribution is 0.319. The van der Waals surface area contributed by atoms with E-state index in [4.69, 9.17) is 12.2 Å². The van der Waals surface area contributed by atoms with E-state index in [1.54, 1.807) is 0 Å². The van der Waals surface area contributed by atoms with E-state index < -0.39 is 0 Å². The van der Waals surface area contributed by atoms with Crippen molar-refractivity contribution in [3.63, 3.8) is 0 Å². The predicted molar refractivity (Wildman–Crippen MR) is 139 cm³/mol. The van der Waals surface area contributed by atoms with E-state index in [2.05, 4.69) is 86.1 Å². The van der Waals surface area contributed by atoms with Crippen molar-refractivity contribution in [2.24, 2.45) is 0 Å². The highest BCUT2D eigenvalue weighted by atomic mass is 32.1.